The Balaban J connectivity index is 1.91. The summed E-state index contributed by atoms with van der Waals surface area (Å²) in [4.78, 5) is 14.8. The Labute approximate surface area is 127 Å². The van der Waals surface area contributed by atoms with E-state index in [1.54, 1.807) is 12.3 Å². The van der Waals surface area contributed by atoms with E-state index >= 15 is 0 Å². The molecule has 108 valence electrons. The molecule has 0 radical (unpaired) electrons. The Morgan fingerprint density at radius 2 is 1.91 bits per heavy atom. The second kappa shape index (κ2) is 6.13. The Morgan fingerprint density at radius 1 is 1.09 bits per heavy atom. The second-order valence-corrected chi connectivity index (χ2v) is 4.91. The molecule has 0 bridgehead atoms. The molecular formula is C17H14N3O2+. The number of aromatic nitrogens is 2. The summed E-state index contributed by atoms with van der Waals surface area (Å²) in [6.45, 7) is 0.727. The van der Waals surface area contributed by atoms with Crippen molar-refractivity contribution in [3.8, 4) is 11.3 Å². The van der Waals surface area contributed by atoms with Gasteiger partial charge in [0.15, 0.2) is 18.9 Å². The van der Waals surface area contributed by atoms with Crippen LogP contribution in [0, 0.1) is 10.1 Å². The van der Waals surface area contributed by atoms with Gasteiger partial charge in [0.05, 0.1) is 11.1 Å². The molecule has 5 heteroatoms. The van der Waals surface area contributed by atoms with Crippen LogP contribution >= 0.6 is 0 Å². The van der Waals surface area contributed by atoms with Crippen LogP contribution in [0.4, 0.5) is 5.69 Å². The second-order valence-electron chi connectivity index (χ2n) is 4.91. The minimum atomic E-state index is -0.398. The maximum Gasteiger partial charge on any atom is 0.270 e. The predicted molar refractivity (Wildman–Crippen MR) is 82.1 cm³/mol. The van der Waals surface area contributed by atoms with Gasteiger partial charge in [-0.2, -0.15) is 4.57 Å². The van der Waals surface area contributed by atoms with Gasteiger partial charge in [0.25, 0.3) is 5.69 Å². The number of hydrogen-bond acceptors (Lipinski definition) is 3. The summed E-state index contributed by atoms with van der Waals surface area (Å²) in [6.07, 6.45) is 5.48. The maximum atomic E-state index is 10.9. The highest BCUT2D eigenvalue weighted by Gasteiger charge is 2.11. The lowest BCUT2D eigenvalue weighted by atomic mass is 10.1. The third kappa shape index (κ3) is 3.15. The predicted octanol–water partition coefficient (Wildman–Crippen LogP) is 2.99. The molecule has 0 saturated heterocycles. The van der Waals surface area contributed by atoms with Gasteiger partial charge in [0.2, 0.25) is 0 Å². The van der Waals surface area contributed by atoms with Gasteiger partial charge in [-0.15, -0.1) is 0 Å². The van der Waals surface area contributed by atoms with Crippen molar-refractivity contribution in [3.63, 3.8) is 0 Å². The zero-order valence-electron chi connectivity index (χ0n) is 11.8. The molecule has 0 saturated carbocycles. The molecule has 0 unspecified atom stereocenters. The minimum absolute atomic E-state index is 0.0674. The van der Waals surface area contributed by atoms with E-state index < -0.39 is 4.92 Å². The largest absolute Gasteiger partial charge is 0.270 e. The summed E-state index contributed by atoms with van der Waals surface area (Å²) in [5.41, 5.74) is 2.69. The lowest BCUT2D eigenvalue weighted by Crippen LogP contribution is -2.33. The SMILES string of the molecule is O=[N+]([O-])c1cccc(-c2c[n+](Cc3ccccc3)ccn2)c1. The van der Waals surface area contributed by atoms with Gasteiger partial charge in [0, 0.05) is 23.3 Å². The molecule has 0 aliphatic rings. The summed E-state index contributed by atoms with van der Waals surface area (Å²) < 4.78 is 2.01. The standard InChI is InChI=1S/C17H14N3O2/c21-20(22)16-8-4-7-15(11-16)17-13-19(10-9-18-17)12-14-5-2-1-3-6-14/h1-11,13H,12H2/q+1. The molecule has 3 aromatic rings. The van der Waals surface area contributed by atoms with Crippen molar-refractivity contribution in [3.05, 3.63) is 88.9 Å². The van der Waals surface area contributed by atoms with Crippen LogP contribution in [0.5, 0.6) is 0 Å². The highest BCUT2D eigenvalue weighted by Crippen LogP contribution is 2.20. The lowest BCUT2D eigenvalue weighted by Gasteiger charge is -2.01. The van der Waals surface area contributed by atoms with Crippen molar-refractivity contribution in [1.82, 2.24) is 4.98 Å². The van der Waals surface area contributed by atoms with Crippen LogP contribution in [-0.4, -0.2) is 9.91 Å². The first-order chi connectivity index (χ1) is 10.7. The van der Waals surface area contributed by atoms with Crippen LogP contribution in [0.25, 0.3) is 11.3 Å². The molecule has 3 rings (SSSR count). The average molecular weight is 292 g/mol. The van der Waals surface area contributed by atoms with Gasteiger partial charge < -0.3 is 0 Å². The topological polar surface area (TPSA) is 59.9 Å². The molecule has 0 amide bonds. The first kappa shape index (κ1) is 13.9. The number of benzene rings is 2. The molecule has 0 atom stereocenters. The quantitative estimate of drug-likeness (QED) is 0.422. The summed E-state index contributed by atoms with van der Waals surface area (Å²) >= 11 is 0. The average Bonchev–Trinajstić information content (AvgIpc) is 2.56. The lowest BCUT2D eigenvalue weighted by molar-refractivity contribution is -0.688. The molecule has 2 aromatic carbocycles. The number of nitro groups is 1. The van der Waals surface area contributed by atoms with Crippen LogP contribution in [0.3, 0.4) is 0 Å². The van der Waals surface area contributed by atoms with Crippen molar-refractivity contribution in [2.75, 3.05) is 0 Å². The van der Waals surface area contributed by atoms with Crippen molar-refractivity contribution in [2.24, 2.45) is 0 Å². The van der Waals surface area contributed by atoms with Gasteiger partial charge in [-0.1, -0.05) is 42.5 Å². The van der Waals surface area contributed by atoms with E-state index in [2.05, 4.69) is 17.1 Å². The van der Waals surface area contributed by atoms with Crippen LogP contribution in [0.2, 0.25) is 0 Å². The van der Waals surface area contributed by atoms with Gasteiger partial charge >= 0.3 is 0 Å². The van der Waals surface area contributed by atoms with E-state index in [0.29, 0.717) is 5.69 Å². The van der Waals surface area contributed by atoms with Crippen molar-refractivity contribution in [1.29, 1.82) is 0 Å². The Morgan fingerprint density at radius 3 is 2.68 bits per heavy atom. The van der Waals surface area contributed by atoms with E-state index in [1.807, 2.05) is 41.2 Å². The molecule has 0 fully saturated rings. The molecule has 0 spiro atoms. The highest BCUT2D eigenvalue weighted by molar-refractivity contribution is 5.60. The van der Waals surface area contributed by atoms with E-state index in [-0.39, 0.29) is 5.69 Å². The fourth-order valence-corrected chi connectivity index (χ4v) is 2.25. The number of non-ortho nitro benzene ring substituents is 1. The van der Waals surface area contributed by atoms with Gasteiger partial charge in [0.1, 0.15) is 5.69 Å². The monoisotopic (exact) mass is 292 g/mol. The molecule has 5 nitrogen and oxygen atoms in total. The minimum Gasteiger partial charge on any atom is -0.258 e. The summed E-state index contributed by atoms with van der Waals surface area (Å²) in [7, 11) is 0. The zero-order valence-corrected chi connectivity index (χ0v) is 11.8. The Bertz CT molecular complexity index is 804. The molecular weight excluding hydrogens is 278 g/mol. The fourth-order valence-electron chi connectivity index (χ4n) is 2.25. The van der Waals surface area contributed by atoms with Crippen molar-refractivity contribution >= 4 is 5.69 Å². The Kier molecular flexibility index (Phi) is 3.87. The van der Waals surface area contributed by atoms with E-state index in [1.165, 1.54) is 17.7 Å². The van der Waals surface area contributed by atoms with E-state index in [4.69, 9.17) is 0 Å². The Hall–Kier alpha value is -3.08. The van der Waals surface area contributed by atoms with Gasteiger partial charge in [-0.25, -0.2) is 4.98 Å². The summed E-state index contributed by atoms with van der Waals surface area (Å²) in [5, 5.41) is 10.9. The van der Waals surface area contributed by atoms with Crippen LogP contribution in [-0.2, 0) is 6.54 Å². The van der Waals surface area contributed by atoms with Gasteiger partial charge in [-0.3, -0.25) is 10.1 Å². The maximum absolute atomic E-state index is 10.9. The van der Waals surface area contributed by atoms with Crippen LogP contribution in [0.15, 0.2) is 73.2 Å². The molecule has 0 N–H and O–H groups in total. The number of nitrogens with zero attached hydrogens (tertiary/aromatic N) is 3. The molecule has 1 aromatic heterocycles. The summed E-state index contributed by atoms with van der Waals surface area (Å²) in [6, 6.07) is 16.6. The molecule has 0 aliphatic carbocycles. The number of hydrogen-bond donors (Lipinski definition) is 0. The van der Waals surface area contributed by atoms with Crippen molar-refractivity contribution < 1.29 is 9.49 Å². The van der Waals surface area contributed by atoms with Crippen LogP contribution in [0.1, 0.15) is 5.56 Å². The number of rotatable bonds is 4. The first-order valence-corrected chi connectivity index (χ1v) is 6.86. The van der Waals surface area contributed by atoms with Crippen LogP contribution < -0.4 is 4.57 Å². The molecule has 0 aliphatic heterocycles. The molecule has 1 heterocycles. The van der Waals surface area contributed by atoms with Gasteiger partial charge in [-0.05, 0) is 0 Å². The summed E-state index contributed by atoms with van der Waals surface area (Å²) in [5.74, 6) is 0. The first-order valence-electron chi connectivity index (χ1n) is 6.86. The smallest absolute Gasteiger partial charge is 0.258 e. The highest BCUT2D eigenvalue weighted by atomic mass is 16.6. The number of nitro benzene ring substituents is 1. The van der Waals surface area contributed by atoms with E-state index in [0.717, 1.165) is 12.1 Å². The third-order valence-corrected chi connectivity index (χ3v) is 3.32. The third-order valence-electron chi connectivity index (χ3n) is 3.32. The van der Waals surface area contributed by atoms with E-state index in [9.17, 15) is 10.1 Å². The zero-order chi connectivity index (χ0) is 15.4. The molecule has 22 heavy (non-hydrogen) atoms. The van der Waals surface area contributed by atoms with Crippen molar-refractivity contribution in [2.45, 2.75) is 6.54 Å². The fraction of sp³-hybridized carbons (Fsp3) is 0.0588. The normalized spacial score (nSPS) is 10.4.